The summed E-state index contributed by atoms with van der Waals surface area (Å²) in [6, 6.07) is -0.247. The lowest BCUT2D eigenvalue weighted by molar-refractivity contribution is -0.142. The number of carboxylic acids is 1. The van der Waals surface area contributed by atoms with E-state index in [0.717, 1.165) is 13.0 Å². The van der Waals surface area contributed by atoms with E-state index in [1.54, 1.807) is 0 Å². The number of carboxylic acid groups (broad SMARTS) is 1. The van der Waals surface area contributed by atoms with Crippen LogP contribution in [0.1, 0.15) is 27.2 Å². The minimum absolute atomic E-state index is 0.0102. The summed E-state index contributed by atoms with van der Waals surface area (Å²) in [7, 11) is 3.96. The average molecular weight is 273 g/mol. The Hall–Kier alpha value is -1.30. The summed E-state index contributed by atoms with van der Waals surface area (Å²) >= 11 is 0. The van der Waals surface area contributed by atoms with Gasteiger partial charge in [-0.2, -0.15) is 0 Å². The third-order valence-electron chi connectivity index (χ3n) is 2.99. The van der Waals surface area contributed by atoms with Gasteiger partial charge in [0, 0.05) is 12.6 Å². The van der Waals surface area contributed by atoms with Gasteiger partial charge in [0.15, 0.2) is 0 Å². The molecule has 0 aliphatic heterocycles. The van der Waals surface area contributed by atoms with Crippen LogP contribution in [0.2, 0.25) is 0 Å². The first kappa shape index (κ1) is 17.7. The first-order valence-electron chi connectivity index (χ1n) is 6.66. The van der Waals surface area contributed by atoms with Crippen molar-refractivity contribution in [2.45, 2.75) is 33.2 Å². The first-order valence-corrected chi connectivity index (χ1v) is 6.66. The maximum Gasteiger partial charge on any atom is 0.315 e. The number of carbonyl (C=O) groups excluding carboxylic acids is 1. The lowest BCUT2D eigenvalue weighted by Gasteiger charge is -2.19. The molecule has 0 rings (SSSR count). The van der Waals surface area contributed by atoms with Crippen LogP contribution in [0.15, 0.2) is 0 Å². The van der Waals surface area contributed by atoms with Gasteiger partial charge in [-0.1, -0.05) is 13.8 Å². The Kier molecular flexibility index (Phi) is 8.14. The summed E-state index contributed by atoms with van der Waals surface area (Å²) in [5.41, 5.74) is 0. The van der Waals surface area contributed by atoms with Crippen molar-refractivity contribution in [2.75, 3.05) is 27.2 Å². The molecule has 0 aromatic heterocycles. The normalized spacial score (nSPS) is 14.3. The van der Waals surface area contributed by atoms with Crippen LogP contribution in [-0.4, -0.2) is 55.2 Å². The molecule has 0 bridgehead atoms. The van der Waals surface area contributed by atoms with Crippen LogP contribution in [0.4, 0.5) is 4.79 Å². The van der Waals surface area contributed by atoms with Crippen LogP contribution >= 0.6 is 0 Å². The molecule has 0 saturated carbocycles. The molecular weight excluding hydrogens is 246 g/mol. The Morgan fingerprint density at radius 1 is 1.21 bits per heavy atom. The number of amides is 2. The van der Waals surface area contributed by atoms with Crippen molar-refractivity contribution in [2.24, 2.45) is 11.8 Å². The summed E-state index contributed by atoms with van der Waals surface area (Å²) in [6.45, 7) is 6.64. The van der Waals surface area contributed by atoms with Gasteiger partial charge in [0.05, 0.1) is 5.92 Å². The fourth-order valence-corrected chi connectivity index (χ4v) is 1.61. The highest BCUT2D eigenvalue weighted by Gasteiger charge is 2.22. The molecule has 112 valence electrons. The second-order valence-electron chi connectivity index (χ2n) is 5.54. The Labute approximate surface area is 115 Å². The van der Waals surface area contributed by atoms with Crippen molar-refractivity contribution < 1.29 is 14.7 Å². The topological polar surface area (TPSA) is 81.7 Å². The van der Waals surface area contributed by atoms with Gasteiger partial charge in [-0.15, -0.1) is 0 Å². The van der Waals surface area contributed by atoms with Gasteiger partial charge in [-0.25, -0.2) is 4.79 Å². The molecule has 2 atom stereocenters. The minimum Gasteiger partial charge on any atom is -0.481 e. The molecule has 2 amide bonds. The van der Waals surface area contributed by atoms with Crippen LogP contribution in [-0.2, 0) is 4.79 Å². The predicted octanol–water partition coefficient (Wildman–Crippen LogP) is 0.983. The molecule has 0 aliphatic carbocycles. The van der Waals surface area contributed by atoms with Crippen LogP contribution in [0.5, 0.6) is 0 Å². The van der Waals surface area contributed by atoms with Crippen LogP contribution < -0.4 is 10.6 Å². The fraction of sp³-hybridized carbons (Fsp3) is 0.846. The van der Waals surface area contributed by atoms with E-state index in [2.05, 4.69) is 15.5 Å². The highest BCUT2D eigenvalue weighted by molar-refractivity contribution is 5.76. The second-order valence-corrected chi connectivity index (χ2v) is 5.54. The zero-order chi connectivity index (χ0) is 15.0. The molecule has 0 aromatic carbocycles. The summed E-state index contributed by atoms with van der Waals surface area (Å²) in [5.74, 6) is -1.44. The SMILES string of the molecule is CC(CCN(C)C)NC(=O)NCC(C(=O)O)C(C)C. The number of carbonyl (C=O) groups is 2. The van der Waals surface area contributed by atoms with Crippen molar-refractivity contribution in [3.8, 4) is 0 Å². The highest BCUT2D eigenvalue weighted by Crippen LogP contribution is 2.09. The Balaban J connectivity index is 4.00. The molecule has 6 nitrogen and oxygen atoms in total. The maximum absolute atomic E-state index is 11.6. The molecular formula is C13H27N3O3. The molecule has 0 saturated heterocycles. The number of nitrogens with one attached hydrogen (secondary N) is 2. The van der Waals surface area contributed by atoms with E-state index >= 15 is 0 Å². The molecule has 0 aromatic rings. The third kappa shape index (κ3) is 8.42. The van der Waals surface area contributed by atoms with E-state index < -0.39 is 11.9 Å². The molecule has 19 heavy (non-hydrogen) atoms. The smallest absolute Gasteiger partial charge is 0.315 e. The van der Waals surface area contributed by atoms with Crippen molar-refractivity contribution >= 4 is 12.0 Å². The molecule has 0 aliphatic rings. The standard InChI is InChI=1S/C13H27N3O3/c1-9(2)11(12(17)18)8-14-13(19)15-10(3)6-7-16(4)5/h9-11H,6-8H2,1-5H3,(H,17,18)(H2,14,15,19). The number of nitrogens with zero attached hydrogens (tertiary/aromatic N) is 1. The van der Waals surface area contributed by atoms with Crippen LogP contribution in [0, 0.1) is 11.8 Å². The summed E-state index contributed by atoms with van der Waals surface area (Å²) < 4.78 is 0. The Bertz CT molecular complexity index is 293. The largest absolute Gasteiger partial charge is 0.481 e. The Morgan fingerprint density at radius 2 is 1.79 bits per heavy atom. The van der Waals surface area contributed by atoms with Gasteiger partial charge >= 0.3 is 12.0 Å². The zero-order valence-corrected chi connectivity index (χ0v) is 12.6. The summed E-state index contributed by atoms with van der Waals surface area (Å²) in [6.07, 6.45) is 0.854. The van der Waals surface area contributed by atoms with Crippen LogP contribution in [0.3, 0.4) is 0 Å². The van der Waals surface area contributed by atoms with Gasteiger partial charge in [0.2, 0.25) is 0 Å². The first-order chi connectivity index (χ1) is 8.73. The summed E-state index contributed by atoms with van der Waals surface area (Å²) in [4.78, 5) is 24.6. The number of hydrogen-bond donors (Lipinski definition) is 3. The van der Waals surface area contributed by atoms with Crippen molar-refractivity contribution in [1.82, 2.24) is 15.5 Å². The maximum atomic E-state index is 11.6. The van der Waals surface area contributed by atoms with Crippen LogP contribution in [0.25, 0.3) is 0 Å². The zero-order valence-electron chi connectivity index (χ0n) is 12.6. The molecule has 2 unspecified atom stereocenters. The van der Waals surface area contributed by atoms with E-state index in [9.17, 15) is 9.59 Å². The fourth-order valence-electron chi connectivity index (χ4n) is 1.61. The van der Waals surface area contributed by atoms with Crippen molar-refractivity contribution in [3.05, 3.63) is 0 Å². The van der Waals surface area contributed by atoms with E-state index in [1.165, 1.54) is 0 Å². The van der Waals surface area contributed by atoms with E-state index in [0.29, 0.717) is 0 Å². The number of aliphatic carboxylic acids is 1. The highest BCUT2D eigenvalue weighted by atomic mass is 16.4. The van der Waals surface area contributed by atoms with Gasteiger partial charge in [0.1, 0.15) is 0 Å². The summed E-state index contributed by atoms with van der Waals surface area (Å²) in [5, 5.41) is 14.4. The quantitative estimate of drug-likeness (QED) is 0.616. The number of rotatable bonds is 8. The third-order valence-corrected chi connectivity index (χ3v) is 2.99. The molecule has 0 spiro atoms. The van der Waals surface area contributed by atoms with Crippen molar-refractivity contribution in [3.63, 3.8) is 0 Å². The number of hydrogen-bond acceptors (Lipinski definition) is 3. The van der Waals surface area contributed by atoms with E-state index in [-0.39, 0.29) is 24.5 Å². The Morgan fingerprint density at radius 3 is 2.21 bits per heavy atom. The number of urea groups is 1. The lowest BCUT2D eigenvalue weighted by atomic mass is 9.96. The molecule has 6 heteroatoms. The van der Waals surface area contributed by atoms with E-state index in [4.69, 9.17) is 5.11 Å². The van der Waals surface area contributed by atoms with E-state index in [1.807, 2.05) is 34.9 Å². The average Bonchev–Trinajstić information content (AvgIpc) is 2.25. The molecule has 0 heterocycles. The molecule has 0 fully saturated rings. The predicted molar refractivity (Wildman–Crippen MR) is 75.1 cm³/mol. The molecule has 3 N–H and O–H groups in total. The van der Waals surface area contributed by atoms with Gasteiger partial charge in [0.25, 0.3) is 0 Å². The van der Waals surface area contributed by atoms with Crippen molar-refractivity contribution in [1.29, 1.82) is 0 Å². The van der Waals surface area contributed by atoms with Gasteiger partial charge in [-0.05, 0) is 39.9 Å². The lowest BCUT2D eigenvalue weighted by Crippen LogP contribution is -2.45. The molecule has 0 radical (unpaired) electrons. The van der Waals surface area contributed by atoms with Gasteiger partial charge < -0.3 is 20.6 Å². The minimum atomic E-state index is -0.879. The van der Waals surface area contributed by atoms with Gasteiger partial charge in [-0.3, -0.25) is 4.79 Å². The second kappa shape index (κ2) is 8.74. The monoisotopic (exact) mass is 273 g/mol.